The number of thiocarbonyl (C=S) groups is 1. The van der Waals surface area contributed by atoms with Gasteiger partial charge in [-0.15, -0.1) is 6.58 Å². The SMILES string of the molecule is C=CCNS(=O)(=O)c1ccc(NC(=S)NC(=O)C(C)(C)CCCOc2cc(C)ccc2C)cc1. The molecule has 0 aliphatic rings. The first-order valence-electron chi connectivity index (χ1n) is 11.0. The van der Waals surface area contributed by atoms with Crippen LogP contribution in [0.3, 0.4) is 0 Å². The standard InChI is InChI=1S/C25H33N3O4S2/c1-6-15-26-34(30,31)21-12-10-20(11-13-21)27-24(33)28-23(29)25(4,5)14-7-16-32-22-17-18(2)8-9-19(22)3/h6,8-13,17,26H,1,7,14-16H2,2-5H3,(H2,27,28,29,33). The lowest BCUT2D eigenvalue weighted by atomic mass is 9.87. The summed E-state index contributed by atoms with van der Waals surface area (Å²) in [5, 5.41) is 5.77. The van der Waals surface area contributed by atoms with Crippen molar-refractivity contribution in [3.63, 3.8) is 0 Å². The van der Waals surface area contributed by atoms with E-state index in [1.54, 1.807) is 12.1 Å². The normalized spacial score (nSPS) is 11.5. The second-order valence-corrected chi connectivity index (χ2v) is 10.9. The Balaban J connectivity index is 1.83. The molecule has 1 amide bonds. The Morgan fingerprint density at radius 3 is 2.47 bits per heavy atom. The molecule has 0 radical (unpaired) electrons. The van der Waals surface area contributed by atoms with Gasteiger partial charge in [0.15, 0.2) is 5.11 Å². The second-order valence-electron chi connectivity index (χ2n) is 8.68. The lowest BCUT2D eigenvalue weighted by molar-refractivity contribution is -0.128. The highest BCUT2D eigenvalue weighted by molar-refractivity contribution is 7.89. The van der Waals surface area contributed by atoms with E-state index in [1.165, 1.54) is 18.2 Å². The average Bonchev–Trinajstić information content (AvgIpc) is 2.77. The number of carbonyl (C=O) groups is 1. The molecule has 0 saturated heterocycles. The molecule has 9 heteroatoms. The molecule has 2 aromatic rings. The molecule has 2 rings (SSSR count). The summed E-state index contributed by atoms with van der Waals surface area (Å²) in [7, 11) is -3.60. The highest BCUT2D eigenvalue weighted by Gasteiger charge is 2.28. The van der Waals surface area contributed by atoms with Gasteiger partial charge < -0.3 is 15.4 Å². The van der Waals surface area contributed by atoms with Gasteiger partial charge in [-0.05, 0) is 80.4 Å². The zero-order valence-electron chi connectivity index (χ0n) is 20.1. The number of ether oxygens (including phenoxy) is 1. The Morgan fingerprint density at radius 2 is 1.82 bits per heavy atom. The van der Waals surface area contributed by atoms with Gasteiger partial charge in [-0.2, -0.15) is 0 Å². The van der Waals surface area contributed by atoms with Crippen LogP contribution in [0, 0.1) is 19.3 Å². The predicted molar refractivity (Wildman–Crippen MR) is 141 cm³/mol. The monoisotopic (exact) mass is 503 g/mol. The number of amides is 1. The first-order chi connectivity index (χ1) is 15.9. The third-order valence-electron chi connectivity index (χ3n) is 5.23. The Hall–Kier alpha value is -2.75. The molecule has 0 atom stereocenters. The fourth-order valence-corrected chi connectivity index (χ4v) is 4.29. The summed E-state index contributed by atoms with van der Waals surface area (Å²) >= 11 is 5.26. The van der Waals surface area contributed by atoms with E-state index in [4.69, 9.17) is 17.0 Å². The number of hydrogen-bond acceptors (Lipinski definition) is 5. The van der Waals surface area contributed by atoms with Crippen molar-refractivity contribution in [2.75, 3.05) is 18.5 Å². The largest absolute Gasteiger partial charge is 0.493 e. The second kappa shape index (κ2) is 12.1. The van der Waals surface area contributed by atoms with Crippen molar-refractivity contribution in [1.82, 2.24) is 10.0 Å². The zero-order valence-corrected chi connectivity index (χ0v) is 21.7. The number of hydrogen-bond donors (Lipinski definition) is 3. The number of nitrogens with one attached hydrogen (secondary N) is 3. The molecule has 0 spiro atoms. The lowest BCUT2D eigenvalue weighted by Crippen LogP contribution is -2.42. The summed E-state index contributed by atoms with van der Waals surface area (Å²) in [6.45, 7) is 11.9. The van der Waals surface area contributed by atoms with Gasteiger partial charge in [-0.1, -0.05) is 32.1 Å². The smallest absolute Gasteiger partial charge is 0.240 e. The van der Waals surface area contributed by atoms with Crippen molar-refractivity contribution >= 4 is 38.9 Å². The van der Waals surface area contributed by atoms with Gasteiger partial charge in [-0.3, -0.25) is 4.79 Å². The minimum atomic E-state index is -3.60. The molecular weight excluding hydrogens is 470 g/mol. The van der Waals surface area contributed by atoms with Crippen molar-refractivity contribution < 1.29 is 17.9 Å². The highest BCUT2D eigenvalue weighted by Crippen LogP contribution is 2.24. The molecule has 3 N–H and O–H groups in total. The van der Waals surface area contributed by atoms with Crippen LogP contribution in [0.25, 0.3) is 0 Å². The third-order valence-corrected chi connectivity index (χ3v) is 6.87. The van der Waals surface area contributed by atoms with Gasteiger partial charge in [0.05, 0.1) is 11.5 Å². The molecule has 184 valence electrons. The van der Waals surface area contributed by atoms with Crippen molar-refractivity contribution in [1.29, 1.82) is 0 Å². The third kappa shape index (κ3) is 8.23. The average molecular weight is 504 g/mol. The Labute approximate surface area is 208 Å². The molecule has 7 nitrogen and oxygen atoms in total. The Bertz CT molecular complexity index is 1130. The van der Waals surface area contributed by atoms with Gasteiger partial charge in [-0.25, -0.2) is 13.1 Å². The topological polar surface area (TPSA) is 96.5 Å². The fraction of sp³-hybridized carbons (Fsp3) is 0.360. The van der Waals surface area contributed by atoms with E-state index < -0.39 is 15.4 Å². The molecule has 0 aliphatic heterocycles. The minimum absolute atomic E-state index is 0.124. The molecule has 0 saturated carbocycles. The van der Waals surface area contributed by atoms with Crippen molar-refractivity contribution in [3.8, 4) is 5.75 Å². The number of sulfonamides is 1. The van der Waals surface area contributed by atoms with Gasteiger partial charge in [0.25, 0.3) is 0 Å². The van der Waals surface area contributed by atoms with Crippen molar-refractivity contribution in [3.05, 3.63) is 66.2 Å². The van der Waals surface area contributed by atoms with Crippen LogP contribution in [-0.4, -0.2) is 32.6 Å². The summed E-state index contributed by atoms with van der Waals surface area (Å²) in [4.78, 5) is 12.9. The van der Waals surface area contributed by atoms with E-state index in [0.717, 1.165) is 16.9 Å². The number of rotatable bonds is 11. The van der Waals surface area contributed by atoms with E-state index in [2.05, 4.69) is 21.9 Å². The number of aryl methyl sites for hydroxylation is 2. The number of anilines is 1. The van der Waals surface area contributed by atoms with Crippen LogP contribution in [0.4, 0.5) is 5.69 Å². The highest BCUT2D eigenvalue weighted by atomic mass is 32.2. The van der Waals surface area contributed by atoms with Crippen LogP contribution in [0.2, 0.25) is 0 Å². The molecule has 0 bridgehead atoms. The summed E-state index contributed by atoms with van der Waals surface area (Å²) in [5.41, 5.74) is 2.14. The van der Waals surface area contributed by atoms with Crippen LogP contribution in [0.1, 0.15) is 37.8 Å². The van der Waals surface area contributed by atoms with E-state index in [1.807, 2.05) is 45.9 Å². The number of benzene rings is 2. The maximum Gasteiger partial charge on any atom is 0.240 e. The van der Waals surface area contributed by atoms with E-state index in [-0.39, 0.29) is 22.5 Å². The number of carbonyl (C=O) groups excluding carboxylic acids is 1. The van der Waals surface area contributed by atoms with Crippen molar-refractivity contribution in [2.45, 2.75) is 45.4 Å². The summed E-state index contributed by atoms with van der Waals surface area (Å²) in [5.74, 6) is 0.660. The van der Waals surface area contributed by atoms with Crippen LogP contribution in [0.5, 0.6) is 5.75 Å². The fourth-order valence-electron chi connectivity index (χ4n) is 3.08. The zero-order chi connectivity index (χ0) is 25.4. The van der Waals surface area contributed by atoms with E-state index in [0.29, 0.717) is 25.1 Å². The molecule has 0 unspecified atom stereocenters. The maximum atomic E-state index is 12.7. The minimum Gasteiger partial charge on any atom is -0.493 e. The van der Waals surface area contributed by atoms with Gasteiger partial charge in [0.1, 0.15) is 5.75 Å². The molecule has 0 heterocycles. The molecule has 0 aromatic heterocycles. The lowest BCUT2D eigenvalue weighted by Gasteiger charge is -2.24. The molecule has 0 fully saturated rings. The summed E-state index contributed by atoms with van der Waals surface area (Å²) in [6, 6.07) is 12.2. The van der Waals surface area contributed by atoms with Crippen LogP contribution < -0.4 is 20.1 Å². The van der Waals surface area contributed by atoms with Crippen LogP contribution >= 0.6 is 12.2 Å². The molecular formula is C25H33N3O4S2. The Kier molecular flexibility index (Phi) is 9.78. The Morgan fingerprint density at radius 1 is 1.15 bits per heavy atom. The van der Waals surface area contributed by atoms with E-state index in [9.17, 15) is 13.2 Å². The first kappa shape index (κ1) is 27.5. The van der Waals surface area contributed by atoms with Gasteiger partial charge in [0, 0.05) is 17.6 Å². The van der Waals surface area contributed by atoms with Gasteiger partial charge in [0.2, 0.25) is 15.9 Å². The van der Waals surface area contributed by atoms with Crippen molar-refractivity contribution in [2.24, 2.45) is 5.41 Å². The quantitative estimate of drug-likeness (QED) is 0.238. The van der Waals surface area contributed by atoms with Crippen LogP contribution in [0.15, 0.2) is 60.0 Å². The summed E-state index contributed by atoms with van der Waals surface area (Å²) < 4.78 is 32.6. The maximum absolute atomic E-state index is 12.7. The van der Waals surface area contributed by atoms with Crippen LogP contribution in [-0.2, 0) is 14.8 Å². The predicted octanol–water partition coefficient (Wildman–Crippen LogP) is 4.47. The first-order valence-corrected chi connectivity index (χ1v) is 12.9. The summed E-state index contributed by atoms with van der Waals surface area (Å²) in [6.07, 6.45) is 2.80. The molecule has 34 heavy (non-hydrogen) atoms. The van der Waals surface area contributed by atoms with E-state index >= 15 is 0 Å². The molecule has 0 aliphatic carbocycles. The molecule has 2 aromatic carbocycles. The van der Waals surface area contributed by atoms with Gasteiger partial charge >= 0.3 is 0 Å².